The lowest BCUT2D eigenvalue weighted by Crippen LogP contribution is -2.49. The van der Waals surface area contributed by atoms with Gasteiger partial charge >= 0.3 is 0 Å². The van der Waals surface area contributed by atoms with Crippen LogP contribution in [-0.4, -0.2) is 62.5 Å². The van der Waals surface area contributed by atoms with E-state index in [0.29, 0.717) is 6.61 Å². The van der Waals surface area contributed by atoms with Gasteiger partial charge in [-0.2, -0.15) is 0 Å². The van der Waals surface area contributed by atoms with E-state index >= 15 is 0 Å². The summed E-state index contributed by atoms with van der Waals surface area (Å²) < 4.78 is 31.9. The SMILES string of the molecule is CN(C)[C@@H](C(N)=O)C(=O)Nc1ccc(N2CCOCC2=O)cc1C(F)F. The standard InChI is InChI=1S/C16H20F2N4O4/c1-21(2)13(15(19)24)16(25)20-11-4-3-9(7-10(11)14(17)18)22-5-6-26-8-12(22)23/h3-4,7,13-14H,5-6,8H2,1-2H3,(H2,19,24)(H,20,25)/t13-/m0/s1. The molecule has 142 valence electrons. The highest BCUT2D eigenvalue weighted by Crippen LogP contribution is 2.32. The largest absolute Gasteiger partial charge is 0.370 e. The number of alkyl halides is 2. The van der Waals surface area contributed by atoms with Crippen LogP contribution in [0.25, 0.3) is 0 Å². The maximum absolute atomic E-state index is 13.5. The van der Waals surface area contributed by atoms with Crippen molar-refractivity contribution in [1.82, 2.24) is 4.90 Å². The molecule has 1 aliphatic heterocycles. The number of benzene rings is 1. The van der Waals surface area contributed by atoms with Crippen molar-refractivity contribution in [3.63, 3.8) is 0 Å². The van der Waals surface area contributed by atoms with Gasteiger partial charge in [-0.25, -0.2) is 8.78 Å². The number of likely N-dealkylation sites (N-methyl/N-ethyl adjacent to an activating group) is 1. The van der Waals surface area contributed by atoms with Crippen molar-refractivity contribution in [2.45, 2.75) is 12.5 Å². The molecular formula is C16H20F2N4O4. The summed E-state index contributed by atoms with van der Waals surface area (Å²) in [7, 11) is 2.94. The van der Waals surface area contributed by atoms with Crippen LogP contribution in [-0.2, 0) is 19.1 Å². The molecule has 1 fully saturated rings. The molecule has 26 heavy (non-hydrogen) atoms. The van der Waals surface area contributed by atoms with E-state index in [4.69, 9.17) is 10.5 Å². The van der Waals surface area contributed by atoms with E-state index in [2.05, 4.69) is 5.32 Å². The summed E-state index contributed by atoms with van der Waals surface area (Å²) in [5.41, 5.74) is 4.85. The Bertz CT molecular complexity index is 711. The number of nitrogens with one attached hydrogen (secondary N) is 1. The number of hydrogen-bond acceptors (Lipinski definition) is 5. The number of nitrogens with two attached hydrogens (primary N) is 1. The zero-order chi connectivity index (χ0) is 19.4. The second kappa shape index (κ2) is 8.19. The number of primary amides is 1. The Morgan fingerprint density at radius 2 is 2.04 bits per heavy atom. The topological polar surface area (TPSA) is 105 Å². The molecule has 2 rings (SSSR count). The van der Waals surface area contributed by atoms with Gasteiger partial charge in [0.2, 0.25) is 5.91 Å². The van der Waals surface area contributed by atoms with E-state index in [1.807, 2.05) is 0 Å². The highest BCUT2D eigenvalue weighted by molar-refractivity contribution is 6.10. The molecule has 1 aliphatic rings. The molecule has 10 heteroatoms. The maximum atomic E-state index is 13.5. The van der Waals surface area contributed by atoms with E-state index in [0.717, 1.165) is 6.07 Å². The third-order valence-electron chi connectivity index (χ3n) is 3.86. The highest BCUT2D eigenvalue weighted by Gasteiger charge is 2.28. The average molecular weight is 370 g/mol. The Morgan fingerprint density at radius 3 is 2.58 bits per heavy atom. The smallest absolute Gasteiger partial charge is 0.265 e. The molecule has 3 N–H and O–H groups in total. The molecule has 3 amide bonds. The van der Waals surface area contributed by atoms with Crippen LogP contribution < -0.4 is 16.0 Å². The molecule has 0 aliphatic carbocycles. The van der Waals surface area contributed by atoms with Crippen LogP contribution in [0.2, 0.25) is 0 Å². The van der Waals surface area contributed by atoms with E-state index < -0.39 is 29.8 Å². The van der Waals surface area contributed by atoms with Crippen LogP contribution in [0, 0.1) is 0 Å². The third kappa shape index (κ3) is 4.33. The first-order valence-electron chi connectivity index (χ1n) is 7.79. The van der Waals surface area contributed by atoms with E-state index in [-0.39, 0.29) is 30.4 Å². The fourth-order valence-electron chi connectivity index (χ4n) is 2.62. The lowest BCUT2D eigenvalue weighted by atomic mass is 10.1. The zero-order valence-corrected chi connectivity index (χ0v) is 14.4. The van der Waals surface area contributed by atoms with Crippen LogP contribution in [0.1, 0.15) is 12.0 Å². The van der Waals surface area contributed by atoms with Gasteiger partial charge in [0.15, 0.2) is 6.04 Å². The maximum Gasteiger partial charge on any atom is 0.265 e. The average Bonchev–Trinajstić information content (AvgIpc) is 2.54. The van der Waals surface area contributed by atoms with E-state index in [1.54, 1.807) is 0 Å². The second-order valence-corrected chi connectivity index (χ2v) is 5.93. The summed E-state index contributed by atoms with van der Waals surface area (Å²) in [5.74, 6) is -2.06. The molecule has 1 saturated heterocycles. The van der Waals surface area contributed by atoms with Crippen LogP contribution in [0.3, 0.4) is 0 Å². The normalized spacial score (nSPS) is 16.1. The molecule has 0 radical (unpaired) electrons. The van der Waals surface area contributed by atoms with Gasteiger partial charge in [-0.3, -0.25) is 19.3 Å². The van der Waals surface area contributed by atoms with Gasteiger partial charge in [-0.05, 0) is 32.3 Å². The van der Waals surface area contributed by atoms with Gasteiger partial charge in [-0.15, -0.1) is 0 Å². The van der Waals surface area contributed by atoms with Gasteiger partial charge in [0.05, 0.1) is 6.61 Å². The second-order valence-electron chi connectivity index (χ2n) is 5.93. The molecule has 8 nitrogen and oxygen atoms in total. The molecular weight excluding hydrogens is 350 g/mol. The molecule has 0 unspecified atom stereocenters. The van der Waals surface area contributed by atoms with Crippen molar-refractivity contribution in [3.05, 3.63) is 23.8 Å². The minimum atomic E-state index is -2.90. The van der Waals surface area contributed by atoms with Crippen molar-refractivity contribution in [2.24, 2.45) is 5.73 Å². The first kappa shape index (κ1) is 19.7. The van der Waals surface area contributed by atoms with Gasteiger partial charge < -0.3 is 20.7 Å². The number of nitrogens with zero attached hydrogens (tertiary/aromatic N) is 2. The monoisotopic (exact) mass is 370 g/mol. The number of halogens is 2. The molecule has 1 heterocycles. The number of carbonyl (C=O) groups excluding carboxylic acids is 3. The minimum absolute atomic E-state index is 0.119. The Hall–Kier alpha value is -2.59. The summed E-state index contributed by atoms with van der Waals surface area (Å²) in [5, 5.41) is 2.31. The predicted molar refractivity (Wildman–Crippen MR) is 89.9 cm³/mol. The Morgan fingerprint density at radius 1 is 1.35 bits per heavy atom. The number of morpholine rings is 1. The number of amides is 3. The molecule has 0 aromatic heterocycles. The van der Waals surface area contributed by atoms with Crippen LogP contribution in [0.15, 0.2) is 18.2 Å². The molecule has 0 saturated carbocycles. The van der Waals surface area contributed by atoms with Crippen LogP contribution in [0.4, 0.5) is 20.2 Å². The van der Waals surface area contributed by atoms with Crippen molar-refractivity contribution >= 4 is 29.1 Å². The summed E-state index contributed by atoms with van der Waals surface area (Å²) in [6.45, 7) is 0.431. The summed E-state index contributed by atoms with van der Waals surface area (Å²) in [6.07, 6.45) is -2.90. The van der Waals surface area contributed by atoms with Gasteiger partial charge in [-0.1, -0.05) is 0 Å². The van der Waals surface area contributed by atoms with E-state index in [1.165, 1.54) is 36.0 Å². The first-order chi connectivity index (χ1) is 12.2. The third-order valence-corrected chi connectivity index (χ3v) is 3.86. The number of hydrogen-bond donors (Lipinski definition) is 2. The molecule has 1 aromatic carbocycles. The molecule has 1 atom stereocenters. The number of anilines is 2. The van der Waals surface area contributed by atoms with Crippen LogP contribution in [0.5, 0.6) is 0 Å². The van der Waals surface area contributed by atoms with Crippen molar-refractivity contribution in [3.8, 4) is 0 Å². The quantitative estimate of drug-likeness (QED) is 0.703. The summed E-state index contributed by atoms with van der Waals surface area (Å²) in [4.78, 5) is 38.1. The molecule has 1 aromatic rings. The lowest BCUT2D eigenvalue weighted by molar-refractivity contribution is -0.131. The zero-order valence-electron chi connectivity index (χ0n) is 14.4. The van der Waals surface area contributed by atoms with E-state index in [9.17, 15) is 23.2 Å². The summed E-state index contributed by atoms with van der Waals surface area (Å²) in [6, 6.07) is 2.55. The summed E-state index contributed by atoms with van der Waals surface area (Å²) >= 11 is 0. The Labute approximate surface area is 148 Å². The Kier molecular flexibility index (Phi) is 6.22. The number of ether oxygens (including phenoxy) is 1. The number of rotatable bonds is 6. The fraction of sp³-hybridized carbons (Fsp3) is 0.438. The highest BCUT2D eigenvalue weighted by atomic mass is 19.3. The predicted octanol–water partition coefficient (Wildman–Crippen LogP) is 0.341. The van der Waals surface area contributed by atoms with Gasteiger partial charge in [0, 0.05) is 23.5 Å². The fourth-order valence-corrected chi connectivity index (χ4v) is 2.62. The molecule has 0 spiro atoms. The van der Waals surface area contributed by atoms with Crippen molar-refractivity contribution in [1.29, 1.82) is 0 Å². The molecule has 0 bridgehead atoms. The van der Waals surface area contributed by atoms with Crippen molar-refractivity contribution < 1.29 is 27.9 Å². The first-order valence-corrected chi connectivity index (χ1v) is 7.79. The van der Waals surface area contributed by atoms with Crippen LogP contribution >= 0.6 is 0 Å². The van der Waals surface area contributed by atoms with Crippen molar-refractivity contribution in [2.75, 3.05) is 44.1 Å². The lowest BCUT2D eigenvalue weighted by Gasteiger charge is -2.28. The Balaban J connectivity index is 2.30. The minimum Gasteiger partial charge on any atom is -0.370 e. The van der Waals surface area contributed by atoms with Gasteiger partial charge in [0.25, 0.3) is 18.2 Å². The number of carbonyl (C=O) groups is 3. The van der Waals surface area contributed by atoms with Gasteiger partial charge in [0.1, 0.15) is 6.61 Å².